The highest BCUT2D eigenvalue weighted by Gasteiger charge is 2.30. The van der Waals surface area contributed by atoms with Crippen LogP contribution in [-0.4, -0.2) is 23.2 Å². The minimum atomic E-state index is -0.561. The highest BCUT2D eigenvalue weighted by Crippen LogP contribution is 2.23. The first-order valence-corrected chi connectivity index (χ1v) is 5.37. The third-order valence-electron chi connectivity index (χ3n) is 2.44. The molecule has 1 atom stereocenters. The number of hydrogen-bond acceptors (Lipinski definition) is 3. The number of thiol groups is 1. The van der Waals surface area contributed by atoms with E-state index >= 15 is 0 Å². The first-order chi connectivity index (χ1) is 7.20. The van der Waals surface area contributed by atoms with Crippen molar-refractivity contribution in [1.82, 2.24) is 4.98 Å². The molecular formula is C10H11FN2OS. The molecule has 1 saturated heterocycles. The predicted octanol–water partition coefficient (Wildman–Crippen LogP) is 1.50. The molecule has 2 heterocycles. The molecule has 1 aliphatic rings. The number of aromatic nitrogens is 1. The van der Waals surface area contributed by atoms with Gasteiger partial charge in [-0.05, 0) is 23.8 Å². The van der Waals surface area contributed by atoms with Crippen molar-refractivity contribution in [2.75, 3.05) is 17.2 Å². The van der Waals surface area contributed by atoms with Crippen LogP contribution >= 0.6 is 12.6 Å². The zero-order valence-electron chi connectivity index (χ0n) is 8.06. The molecule has 1 aromatic rings. The van der Waals surface area contributed by atoms with Gasteiger partial charge in [-0.2, -0.15) is 17.0 Å². The third-order valence-corrected chi connectivity index (χ3v) is 2.96. The lowest BCUT2D eigenvalue weighted by Gasteiger charge is -2.14. The summed E-state index contributed by atoms with van der Waals surface area (Å²) in [5.74, 6) is 0.731. The van der Waals surface area contributed by atoms with Crippen molar-refractivity contribution in [2.24, 2.45) is 5.92 Å². The van der Waals surface area contributed by atoms with E-state index in [0.717, 1.165) is 0 Å². The second kappa shape index (κ2) is 4.18. The van der Waals surface area contributed by atoms with Gasteiger partial charge in [0, 0.05) is 13.0 Å². The van der Waals surface area contributed by atoms with E-state index in [2.05, 4.69) is 17.6 Å². The number of carbonyl (C=O) groups is 1. The first-order valence-electron chi connectivity index (χ1n) is 4.74. The molecule has 0 aromatic carbocycles. The third kappa shape index (κ3) is 2.12. The molecular weight excluding hydrogens is 215 g/mol. The van der Waals surface area contributed by atoms with Gasteiger partial charge in [-0.1, -0.05) is 6.07 Å². The van der Waals surface area contributed by atoms with Crippen molar-refractivity contribution < 1.29 is 9.18 Å². The van der Waals surface area contributed by atoms with Crippen LogP contribution in [0.15, 0.2) is 18.2 Å². The Kier molecular flexibility index (Phi) is 2.90. The van der Waals surface area contributed by atoms with Crippen molar-refractivity contribution in [1.29, 1.82) is 0 Å². The molecule has 1 unspecified atom stereocenters. The average Bonchev–Trinajstić information content (AvgIpc) is 2.60. The fourth-order valence-electron chi connectivity index (χ4n) is 1.67. The second-order valence-electron chi connectivity index (χ2n) is 3.58. The minimum absolute atomic E-state index is 0.00727. The summed E-state index contributed by atoms with van der Waals surface area (Å²) in [6.07, 6.45) is 0.474. The Morgan fingerprint density at radius 3 is 3.00 bits per heavy atom. The fourth-order valence-corrected chi connectivity index (χ4v) is 1.92. The lowest BCUT2D eigenvalue weighted by Crippen LogP contribution is -2.25. The van der Waals surface area contributed by atoms with Crippen molar-refractivity contribution in [2.45, 2.75) is 6.42 Å². The summed E-state index contributed by atoms with van der Waals surface area (Å²) in [5.41, 5.74) is 0. The van der Waals surface area contributed by atoms with Gasteiger partial charge in [0.1, 0.15) is 5.82 Å². The van der Waals surface area contributed by atoms with Crippen LogP contribution in [0.2, 0.25) is 0 Å². The van der Waals surface area contributed by atoms with Crippen LogP contribution < -0.4 is 4.90 Å². The van der Waals surface area contributed by atoms with E-state index in [1.807, 2.05) is 0 Å². The maximum absolute atomic E-state index is 12.9. The number of hydrogen-bond donors (Lipinski definition) is 1. The number of anilines is 1. The molecule has 0 bridgehead atoms. The Morgan fingerprint density at radius 2 is 2.40 bits per heavy atom. The molecule has 1 fully saturated rings. The van der Waals surface area contributed by atoms with Gasteiger partial charge in [0.15, 0.2) is 0 Å². The van der Waals surface area contributed by atoms with Gasteiger partial charge in [0.2, 0.25) is 11.9 Å². The Bertz CT molecular complexity index is 385. The van der Waals surface area contributed by atoms with Crippen LogP contribution in [0.5, 0.6) is 0 Å². The number of carbonyl (C=O) groups excluding carboxylic acids is 1. The van der Waals surface area contributed by atoms with E-state index in [9.17, 15) is 9.18 Å². The molecule has 1 aliphatic heterocycles. The van der Waals surface area contributed by atoms with Crippen LogP contribution in [0.1, 0.15) is 6.42 Å². The summed E-state index contributed by atoms with van der Waals surface area (Å²) in [4.78, 5) is 16.8. The highest BCUT2D eigenvalue weighted by molar-refractivity contribution is 7.80. The Morgan fingerprint density at radius 1 is 1.60 bits per heavy atom. The SMILES string of the molecule is O=C1CC(CS)CN1c1cccc(F)n1. The normalized spacial score (nSPS) is 21.1. The van der Waals surface area contributed by atoms with Crippen molar-refractivity contribution in [3.8, 4) is 0 Å². The van der Waals surface area contributed by atoms with Crippen LogP contribution in [0.25, 0.3) is 0 Å². The topological polar surface area (TPSA) is 33.2 Å². The molecule has 0 N–H and O–H groups in total. The van der Waals surface area contributed by atoms with E-state index in [1.165, 1.54) is 11.0 Å². The van der Waals surface area contributed by atoms with E-state index in [1.54, 1.807) is 12.1 Å². The lowest BCUT2D eigenvalue weighted by molar-refractivity contribution is -0.117. The molecule has 0 aliphatic carbocycles. The van der Waals surface area contributed by atoms with Gasteiger partial charge in [-0.25, -0.2) is 4.98 Å². The summed E-state index contributed by atoms with van der Waals surface area (Å²) in [6.45, 7) is 0.582. The molecule has 0 spiro atoms. The highest BCUT2D eigenvalue weighted by atomic mass is 32.1. The largest absolute Gasteiger partial charge is 0.296 e. The van der Waals surface area contributed by atoms with E-state index in [4.69, 9.17) is 0 Å². The van der Waals surface area contributed by atoms with Gasteiger partial charge < -0.3 is 0 Å². The van der Waals surface area contributed by atoms with Crippen molar-refractivity contribution >= 4 is 24.4 Å². The van der Waals surface area contributed by atoms with E-state index in [-0.39, 0.29) is 11.8 Å². The van der Waals surface area contributed by atoms with Crippen LogP contribution in [0, 0.1) is 11.9 Å². The molecule has 80 valence electrons. The molecule has 5 heteroatoms. The lowest BCUT2D eigenvalue weighted by atomic mass is 10.1. The first kappa shape index (κ1) is 10.4. The van der Waals surface area contributed by atoms with Gasteiger partial charge in [0.25, 0.3) is 0 Å². The Hall–Kier alpha value is -1.10. The molecule has 1 aromatic heterocycles. The van der Waals surface area contributed by atoms with Gasteiger partial charge >= 0.3 is 0 Å². The molecule has 0 radical (unpaired) electrons. The van der Waals surface area contributed by atoms with Gasteiger partial charge in [-0.3, -0.25) is 9.69 Å². The summed E-state index contributed by atoms with van der Waals surface area (Å²) in [5, 5.41) is 0. The van der Waals surface area contributed by atoms with Crippen LogP contribution in [0.4, 0.5) is 10.2 Å². The van der Waals surface area contributed by atoms with E-state index < -0.39 is 5.95 Å². The van der Waals surface area contributed by atoms with E-state index in [0.29, 0.717) is 24.5 Å². The summed E-state index contributed by atoms with van der Waals surface area (Å²) in [6, 6.07) is 4.46. The molecule has 15 heavy (non-hydrogen) atoms. The predicted molar refractivity (Wildman–Crippen MR) is 58.5 cm³/mol. The zero-order chi connectivity index (χ0) is 10.8. The van der Waals surface area contributed by atoms with Gasteiger partial charge in [-0.15, -0.1) is 0 Å². The number of amides is 1. The quantitative estimate of drug-likeness (QED) is 0.612. The van der Waals surface area contributed by atoms with Gasteiger partial charge in [0.05, 0.1) is 0 Å². The smallest absolute Gasteiger partial charge is 0.228 e. The van der Waals surface area contributed by atoms with Crippen molar-refractivity contribution in [3.63, 3.8) is 0 Å². The fraction of sp³-hybridized carbons (Fsp3) is 0.400. The molecule has 3 nitrogen and oxygen atoms in total. The monoisotopic (exact) mass is 226 g/mol. The number of pyridine rings is 1. The standard InChI is InChI=1S/C10H11FN2OS/c11-8-2-1-3-9(12-8)13-5-7(6-15)4-10(13)14/h1-3,7,15H,4-6H2. The van der Waals surface area contributed by atoms with Crippen molar-refractivity contribution in [3.05, 3.63) is 24.1 Å². The number of rotatable bonds is 2. The summed E-state index contributed by atoms with van der Waals surface area (Å²) < 4.78 is 12.9. The number of halogens is 1. The summed E-state index contributed by atoms with van der Waals surface area (Å²) in [7, 11) is 0. The average molecular weight is 226 g/mol. The van der Waals surface area contributed by atoms with Crippen LogP contribution in [0.3, 0.4) is 0 Å². The second-order valence-corrected chi connectivity index (χ2v) is 3.94. The minimum Gasteiger partial charge on any atom is -0.296 e. The maximum Gasteiger partial charge on any atom is 0.228 e. The molecule has 1 amide bonds. The Balaban J connectivity index is 2.21. The molecule has 0 saturated carbocycles. The number of nitrogens with zero attached hydrogens (tertiary/aromatic N) is 2. The zero-order valence-corrected chi connectivity index (χ0v) is 8.95. The summed E-state index contributed by atoms with van der Waals surface area (Å²) >= 11 is 4.16. The Labute approximate surface area is 92.7 Å². The van der Waals surface area contributed by atoms with Crippen LogP contribution in [-0.2, 0) is 4.79 Å². The molecule has 2 rings (SSSR count). The maximum atomic E-state index is 12.9.